The number of amides is 2. The maximum atomic E-state index is 13.1. The standard InChI is InChI=1S/C28H30N6O2/c1-20-7-8-24(27(35)30-11-4-13-33-16-12-29-19-33)26(32-20)21-9-14-34(15-10-21)28(36)25-17-22-5-2-3-6-23(22)18-31-25/h2-3,5-8,12,16-19,21H,4,9-11,13-15H2,1H3,(H,30,35). The van der Waals surface area contributed by atoms with Crippen LogP contribution in [0.2, 0.25) is 0 Å². The van der Waals surface area contributed by atoms with Crippen LogP contribution in [0.15, 0.2) is 67.4 Å². The highest BCUT2D eigenvalue weighted by atomic mass is 16.2. The molecule has 0 aliphatic carbocycles. The van der Waals surface area contributed by atoms with Crippen LogP contribution in [0.25, 0.3) is 10.8 Å². The van der Waals surface area contributed by atoms with E-state index in [1.165, 1.54) is 0 Å². The molecule has 0 spiro atoms. The van der Waals surface area contributed by atoms with Crippen molar-refractivity contribution >= 4 is 22.6 Å². The van der Waals surface area contributed by atoms with Gasteiger partial charge in [-0.25, -0.2) is 4.98 Å². The number of nitrogens with one attached hydrogen (secondary N) is 1. The Balaban J connectivity index is 1.21. The van der Waals surface area contributed by atoms with E-state index in [4.69, 9.17) is 4.98 Å². The van der Waals surface area contributed by atoms with Gasteiger partial charge in [-0.15, -0.1) is 0 Å². The first kappa shape index (κ1) is 23.7. The number of piperidine rings is 1. The quantitative estimate of drug-likeness (QED) is 0.402. The van der Waals surface area contributed by atoms with Gasteiger partial charge >= 0.3 is 0 Å². The van der Waals surface area contributed by atoms with Crippen molar-refractivity contribution in [3.05, 3.63) is 90.0 Å². The highest BCUT2D eigenvalue weighted by Crippen LogP contribution is 2.30. The zero-order chi connectivity index (χ0) is 24.9. The van der Waals surface area contributed by atoms with E-state index in [9.17, 15) is 9.59 Å². The van der Waals surface area contributed by atoms with Gasteiger partial charge in [-0.3, -0.25) is 19.6 Å². The number of hydrogen-bond donors (Lipinski definition) is 1. The van der Waals surface area contributed by atoms with Crippen LogP contribution in [-0.4, -0.2) is 55.9 Å². The average molecular weight is 483 g/mol. The summed E-state index contributed by atoms with van der Waals surface area (Å²) in [6, 6.07) is 13.5. The van der Waals surface area contributed by atoms with Crippen molar-refractivity contribution in [1.82, 2.24) is 29.7 Å². The van der Waals surface area contributed by atoms with Gasteiger partial charge in [-0.05, 0) is 49.8 Å². The maximum Gasteiger partial charge on any atom is 0.272 e. The topological polar surface area (TPSA) is 93.0 Å². The molecule has 0 saturated carbocycles. The van der Waals surface area contributed by atoms with Crippen molar-refractivity contribution in [2.24, 2.45) is 0 Å². The molecule has 36 heavy (non-hydrogen) atoms. The highest BCUT2D eigenvalue weighted by molar-refractivity contribution is 5.97. The second-order valence-corrected chi connectivity index (χ2v) is 9.28. The number of carbonyl (C=O) groups is 2. The molecule has 3 aromatic heterocycles. The van der Waals surface area contributed by atoms with Crippen LogP contribution in [0.4, 0.5) is 0 Å². The SMILES string of the molecule is Cc1ccc(C(=O)NCCCn2ccnc2)c(C2CCN(C(=O)c3cc4ccccc4cn3)CC2)n1. The van der Waals surface area contributed by atoms with Crippen molar-refractivity contribution in [1.29, 1.82) is 0 Å². The molecule has 1 saturated heterocycles. The lowest BCUT2D eigenvalue weighted by Crippen LogP contribution is -2.39. The van der Waals surface area contributed by atoms with E-state index in [1.807, 2.05) is 65.1 Å². The molecule has 0 bridgehead atoms. The van der Waals surface area contributed by atoms with Crippen LogP contribution in [0.3, 0.4) is 0 Å². The molecule has 1 aliphatic heterocycles. The first-order valence-electron chi connectivity index (χ1n) is 12.4. The minimum Gasteiger partial charge on any atom is -0.352 e. The molecule has 0 radical (unpaired) electrons. The van der Waals surface area contributed by atoms with Crippen LogP contribution in [0, 0.1) is 6.92 Å². The molecule has 1 aliphatic rings. The summed E-state index contributed by atoms with van der Waals surface area (Å²) in [6.07, 6.45) is 9.54. The molecular formula is C28H30N6O2. The van der Waals surface area contributed by atoms with Gasteiger partial charge in [0.25, 0.3) is 11.8 Å². The molecule has 8 heteroatoms. The third-order valence-corrected chi connectivity index (χ3v) is 6.77. The first-order valence-corrected chi connectivity index (χ1v) is 12.4. The van der Waals surface area contributed by atoms with E-state index in [2.05, 4.69) is 15.3 Å². The minimum absolute atomic E-state index is 0.0488. The lowest BCUT2D eigenvalue weighted by Gasteiger charge is -2.32. The van der Waals surface area contributed by atoms with Crippen molar-refractivity contribution in [3.8, 4) is 0 Å². The van der Waals surface area contributed by atoms with Gasteiger partial charge in [0.05, 0.1) is 17.6 Å². The number of aryl methyl sites for hydroxylation is 2. The summed E-state index contributed by atoms with van der Waals surface area (Å²) < 4.78 is 1.99. The Morgan fingerprint density at radius 2 is 1.89 bits per heavy atom. The Labute approximate surface area is 210 Å². The van der Waals surface area contributed by atoms with E-state index in [0.717, 1.165) is 48.0 Å². The highest BCUT2D eigenvalue weighted by Gasteiger charge is 2.28. The number of pyridine rings is 2. The third kappa shape index (κ3) is 5.27. The average Bonchev–Trinajstić information content (AvgIpc) is 3.44. The number of imidazole rings is 1. The van der Waals surface area contributed by atoms with Gasteiger partial charge in [-0.2, -0.15) is 0 Å². The number of rotatable bonds is 7. The molecule has 1 N–H and O–H groups in total. The summed E-state index contributed by atoms with van der Waals surface area (Å²) in [5.74, 6) is -0.0144. The van der Waals surface area contributed by atoms with E-state index in [0.29, 0.717) is 30.9 Å². The van der Waals surface area contributed by atoms with Crippen molar-refractivity contribution in [2.75, 3.05) is 19.6 Å². The fourth-order valence-corrected chi connectivity index (χ4v) is 4.78. The summed E-state index contributed by atoms with van der Waals surface area (Å²) in [6.45, 7) is 4.55. The molecule has 2 amide bonds. The molecule has 0 atom stereocenters. The molecule has 8 nitrogen and oxygen atoms in total. The zero-order valence-corrected chi connectivity index (χ0v) is 20.4. The lowest BCUT2D eigenvalue weighted by molar-refractivity contribution is 0.0704. The number of fused-ring (bicyclic) bond motifs is 1. The fourth-order valence-electron chi connectivity index (χ4n) is 4.78. The Morgan fingerprint density at radius 3 is 2.67 bits per heavy atom. The molecule has 1 fully saturated rings. The molecular weight excluding hydrogens is 452 g/mol. The van der Waals surface area contributed by atoms with Gasteiger partial charge in [0, 0.05) is 61.8 Å². The molecule has 0 unspecified atom stereocenters. The Kier molecular flexibility index (Phi) is 7.02. The van der Waals surface area contributed by atoms with Crippen LogP contribution >= 0.6 is 0 Å². The van der Waals surface area contributed by atoms with Crippen molar-refractivity contribution < 1.29 is 9.59 Å². The fraction of sp³-hybridized carbons (Fsp3) is 0.321. The Morgan fingerprint density at radius 1 is 1.08 bits per heavy atom. The third-order valence-electron chi connectivity index (χ3n) is 6.77. The predicted octanol–water partition coefficient (Wildman–Crippen LogP) is 3.97. The maximum absolute atomic E-state index is 13.1. The van der Waals surface area contributed by atoms with Gasteiger partial charge in [0.2, 0.25) is 0 Å². The molecule has 4 heterocycles. The second-order valence-electron chi connectivity index (χ2n) is 9.28. The van der Waals surface area contributed by atoms with Gasteiger partial charge in [0.15, 0.2) is 0 Å². The Hall–Kier alpha value is -4.07. The minimum atomic E-state index is -0.0954. The van der Waals surface area contributed by atoms with Crippen molar-refractivity contribution in [3.63, 3.8) is 0 Å². The van der Waals surface area contributed by atoms with Gasteiger partial charge in [0.1, 0.15) is 5.69 Å². The number of likely N-dealkylation sites (tertiary alicyclic amines) is 1. The summed E-state index contributed by atoms with van der Waals surface area (Å²) in [5.41, 5.74) is 2.82. The van der Waals surface area contributed by atoms with Crippen LogP contribution in [0.1, 0.15) is 57.4 Å². The number of benzene rings is 1. The summed E-state index contributed by atoms with van der Waals surface area (Å²) in [5, 5.41) is 5.07. The number of carbonyl (C=O) groups excluding carboxylic acids is 2. The zero-order valence-electron chi connectivity index (χ0n) is 20.4. The number of aromatic nitrogens is 4. The smallest absolute Gasteiger partial charge is 0.272 e. The van der Waals surface area contributed by atoms with E-state index in [1.54, 1.807) is 18.7 Å². The van der Waals surface area contributed by atoms with Crippen molar-refractivity contribution in [2.45, 2.75) is 38.6 Å². The largest absolute Gasteiger partial charge is 0.352 e. The summed E-state index contributed by atoms with van der Waals surface area (Å²) >= 11 is 0. The van der Waals surface area contributed by atoms with Crippen LogP contribution < -0.4 is 5.32 Å². The van der Waals surface area contributed by atoms with E-state index < -0.39 is 0 Å². The van der Waals surface area contributed by atoms with Gasteiger partial charge < -0.3 is 14.8 Å². The van der Waals surface area contributed by atoms with Gasteiger partial charge in [-0.1, -0.05) is 24.3 Å². The first-order chi connectivity index (χ1) is 17.6. The molecule has 184 valence electrons. The Bertz CT molecular complexity index is 1360. The normalized spacial score (nSPS) is 14.2. The molecule has 1 aromatic carbocycles. The predicted molar refractivity (Wildman–Crippen MR) is 138 cm³/mol. The van der Waals surface area contributed by atoms with Crippen LogP contribution in [-0.2, 0) is 6.54 Å². The van der Waals surface area contributed by atoms with E-state index >= 15 is 0 Å². The number of hydrogen-bond acceptors (Lipinski definition) is 5. The van der Waals surface area contributed by atoms with E-state index in [-0.39, 0.29) is 17.7 Å². The van der Waals surface area contributed by atoms with Crippen LogP contribution in [0.5, 0.6) is 0 Å². The number of nitrogens with zero attached hydrogens (tertiary/aromatic N) is 5. The molecule has 5 rings (SSSR count). The summed E-state index contributed by atoms with van der Waals surface area (Å²) in [7, 11) is 0. The lowest BCUT2D eigenvalue weighted by atomic mass is 9.89. The second kappa shape index (κ2) is 10.7. The monoisotopic (exact) mass is 482 g/mol. The summed E-state index contributed by atoms with van der Waals surface area (Å²) in [4.78, 5) is 41.2. The molecule has 4 aromatic rings.